The minimum Gasteiger partial charge on any atom is -0.329 e. The zero-order chi connectivity index (χ0) is 20.2. The minimum atomic E-state index is -0.352. The lowest BCUT2D eigenvalue weighted by atomic mass is 9.96. The number of urea groups is 1. The molecule has 2 aliphatic heterocycles. The number of hydrogen-bond acceptors (Lipinski definition) is 4. The molecule has 1 fully saturated rings. The normalized spacial score (nSPS) is 20.6. The summed E-state index contributed by atoms with van der Waals surface area (Å²) in [5, 5.41) is 14.2. The van der Waals surface area contributed by atoms with E-state index in [0.717, 1.165) is 48.7 Å². The topological polar surface area (TPSA) is 72.7 Å². The smallest absolute Gasteiger partial charge is 0.329 e. The van der Waals surface area contributed by atoms with Gasteiger partial charge in [-0.15, -0.1) is 5.11 Å². The van der Waals surface area contributed by atoms with Gasteiger partial charge in [0.1, 0.15) is 0 Å². The second-order valence-corrected chi connectivity index (χ2v) is 7.69. The Hall–Kier alpha value is -2.77. The predicted octanol–water partition coefficient (Wildman–Crippen LogP) is 4.23. The molecule has 2 aliphatic rings. The molecule has 29 heavy (non-hydrogen) atoms. The van der Waals surface area contributed by atoms with E-state index in [-0.39, 0.29) is 12.1 Å². The summed E-state index contributed by atoms with van der Waals surface area (Å²) in [4.78, 5) is 18.6. The molecule has 2 aromatic rings. The van der Waals surface area contributed by atoms with Gasteiger partial charge in [0, 0.05) is 24.5 Å². The van der Waals surface area contributed by atoms with Gasteiger partial charge in [-0.2, -0.15) is 4.99 Å². The standard InChI is InChI=1S/C21H23ClN6O/c1-27-10-12-28(13-11-27)26-25-16-8-6-15(7-9-16)19-14-20(24-21(29)23-19)17-4-2-3-5-18(17)22/h2-9,20H,10-14H2,1H3,(H,24,29). The van der Waals surface area contributed by atoms with Crippen LogP contribution < -0.4 is 5.32 Å². The molecular formula is C21H23ClN6O. The van der Waals surface area contributed by atoms with Crippen LogP contribution in [0.2, 0.25) is 5.02 Å². The largest absolute Gasteiger partial charge is 0.341 e. The fourth-order valence-corrected chi connectivity index (χ4v) is 3.71. The highest BCUT2D eigenvalue weighted by Gasteiger charge is 2.24. The molecule has 0 aliphatic carbocycles. The van der Waals surface area contributed by atoms with Crippen molar-refractivity contribution in [3.05, 3.63) is 64.7 Å². The van der Waals surface area contributed by atoms with Crippen LogP contribution >= 0.6 is 11.6 Å². The molecule has 0 spiro atoms. The van der Waals surface area contributed by atoms with Crippen molar-refractivity contribution in [2.75, 3.05) is 33.2 Å². The molecule has 7 nitrogen and oxygen atoms in total. The molecule has 150 valence electrons. The van der Waals surface area contributed by atoms with Crippen molar-refractivity contribution in [1.82, 2.24) is 15.2 Å². The number of hydrogen-bond donors (Lipinski definition) is 1. The van der Waals surface area contributed by atoms with Gasteiger partial charge in [-0.25, -0.2) is 4.79 Å². The maximum absolute atomic E-state index is 12.1. The van der Waals surface area contributed by atoms with Gasteiger partial charge >= 0.3 is 6.03 Å². The second-order valence-electron chi connectivity index (χ2n) is 7.28. The summed E-state index contributed by atoms with van der Waals surface area (Å²) in [6.45, 7) is 3.75. The number of rotatable bonds is 4. The van der Waals surface area contributed by atoms with E-state index in [4.69, 9.17) is 11.6 Å². The monoisotopic (exact) mass is 410 g/mol. The first kappa shape index (κ1) is 19.5. The number of carbonyl (C=O) groups is 1. The van der Waals surface area contributed by atoms with Gasteiger partial charge in [0.25, 0.3) is 0 Å². The fraction of sp³-hybridized carbons (Fsp3) is 0.333. The van der Waals surface area contributed by atoms with E-state index in [9.17, 15) is 4.79 Å². The van der Waals surface area contributed by atoms with Crippen molar-refractivity contribution >= 4 is 29.0 Å². The fourth-order valence-electron chi connectivity index (χ4n) is 3.44. The summed E-state index contributed by atoms with van der Waals surface area (Å²) in [6, 6.07) is 14.7. The summed E-state index contributed by atoms with van der Waals surface area (Å²) < 4.78 is 0. The Morgan fingerprint density at radius 2 is 1.79 bits per heavy atom. The van der Waals surface area contributed by atoms with Crippen LogP contribution in [0.15, 0.2) is 63.9 Å². The summed E-state index contributed by atoms with van der Waals surface area (Å²) in [5.74, 6) is 0. The summed E-state index contributed by atoms with van der Waals surface area (Å²) >= 11 is 6.31. The number of carbonyl (C=O) groups excluding carboxylic acids is 1. The van der Waals surface area contributed by atoms with Crippen molar-refractivity contribution in [3.63, 3.8) is 0 Å². The maximum Gasteiger partial charge on any atom is 0.341 e. The Labute approximate surface area is 175 Å². The van der Waals surface area contributed by atoms with E-state index in [1.165, 1.54) is 0 Å². The molecule has 2 amide bonds. The van der Waals surface area contributed by atoms with Crippen LogP contribution in [0.3, 0.4) is 0 Å². The van der Waals surface area contributed by atoms with Crippen molar-refractivity contribution in [2.24, 2.45) is 15.3 Å². The highest BCUT2D eigenvalue weighted by atomic mass is 35.5. The van der Waals surface area contributed by atoms with Crippen molar-refractivity contribution < 1.29 is 4.79 Å². The minimum absolute atomic E-state index is 0.194. The highest BCUT2D eigenvalue weighted by molar-refractivity contribution is 6.31. The molecule has 2 heterocycles. The van der Waals surface area contributed by atoms with Gasteiger partial charge in [-0.05, 0) is 36.4 Å². The molecule has 1 N–H and O–H groups in total. The number of benzene rings is 2. The van der Waals surface area contributed by atoms with Crippen molar-refractivity contribution in [1.29, 1.82) is 0 Å². The third-order valence-corrected chi connectivity index (χ3v) is 5.52. The lowest BCUT2D eigenvalue weighted by molar-refractivity contribution is 0.150. The van der Waals surface area contributed by atoms with Crippen molar-refractivity contribution in [3.8, 4) is 0 Å². The van der Waals surface area contributed by atoms with Crippen LogP contribution in [0.5, 0.6) is 0 Å². The van der Waals surface area contributed by atoms with Crippen LogP contribution in [0.4, 0.5) is 10.5 Å². The molecule has 0 radical (unpaired) electrons. The molecule has 8 heteroatoms. The van der Waals surface area contributed by atoms with Gasteiger partial charge < -0.3 is 10.2 Å². The van der Waals surface area contributed by atoms with Gasteiger partial charge in [0.05, 0.1) is 30.5 Å². The lowest BCUT2D eigenvalue weighted by Gasteiger charge is -2.29. The van der Waals surface area contributed by atoms with E-state index in [0.29, 0.717) is 11.4 Å². The number of amides is 2. The van der Waals surface area contributed by atoms with Crippen LogP contribution in [-0.4, -0.2) is 54.9 Å². The summed E-state index contributed by atoms with van der Waals surface area (Å²) in [5.41, 5.74) is 3.31. The molecule has 4 rings (SSSR count). The van der Waals surface area contributed by atoms with E-state index >= 15 is 0 Å². The van der Waals surface area contributed by atoms with Gasteiger partial charge in [0.15, 0.2) is 0 Å². The Balaban J connectivity index is 1.45. The lowest BCUT2D eigenvalue weighted by Crippen LogP contribution is -2.41. The summed E-state index contributed by atoms with van der Waals surface area (Å²) in [7, 11) is 2.11. The van der Waals surface area contributed by atoms with Gasteiger partial charge in [0.2, 0.25) is 0 Å². The number of nitrogens with one attached hydrogen (secondary N) is 1. The van der Waals surface area contributed by atoms with Crippen LogP contribution in [0.25, 0.3) is 0 Å². The van der Waals surface area contributed by atoms with Crippen LogP contribution in [0, 0.1) is 0 Å². The molecule has 1 unspecified atom stereocenters. The van der Waals surface area contributed by atoms with E-state index < -0.39 is 0 Å². The second kappa shape index (κ2) is 8.71. The average Bonchev–Trinajstić information content (AvgIpc) is 2.73. The number of likely N-dealkylation sites (N-methyl/N-ethyl adjacent to an activating group) is 1. The number of piperazine rings is 1. The van der Waals surface area contributed by atoms with Crippen LogP contribution in [-0.2, 0) is 0 Å². The first-order valence-corrected chi connectivity index (χ1v) is 10.0. The molecule has 1 atom stereocenters. The van der Waals surface area contributed by atoms with E-state index in [2.05, 4.69) is 32.6 Å². The highest BCUT2D eigenvalue weighted by Crippen LogP contribution is 2.29. The SMILES string of the molecule is CN1CCN(N=Nc2ccc(C3=NC(=O)NC(c4ccccc4Cl)C3)cc2)CC1. The Morgan fingerprint density at radius 1 is 1.07 bits per heavy atom. The summed E-state index contributed by atoms with van der Waals surface area (Å²) in [6.07, 6.45) is 0.581. The predicted molar refractivity (Wildman–Crippen MR) is 114 cm³/mol. The first-order valence-electron chi connectivity index (χ1n) is 9.66. The Bertz CT molecular complexity index is 934. The zero-order valence-electron chi connectivity index (χ0n) is 16.3. The molecule has 1 saturated heterocycles. The maximum atomic E-state index is 12.1. The van der Waals surface area contributed by atoms with E-state index in [1.54, 1.807) is 0 Å². The van der Waals surface area contributed by atoms with Gasteiger partial charge in [-0.1, -0.05) is 47.2 Å². The molecular weight excluding hydrogens is 388 g/mol. The number of halogens is 1. The number of aliphatic imine (C=N–C) groups is 1. The third kappa shape index (κ3) is 4.81. The number of nitrogens with zero attached hydrogens (tertiary/aromatic N) is 5. The molecule has 0 aromatic heterocycles. The zero-order valence-corrected chi connectivity index (χ0v) is 17.0. The molecule has 2 aromatic carbocycles. The van der Waals surface area contributed by atoms with Gasteiger partial charge in [-0.3, -0.25) is 5.01 Å². The first-order chi connectivity index (χ1) is 14.1. The third-order valence-electron chi connectivity index (χ3n) is 5.18. The van der Waals surface area contributed by atoms with E-state index in [1.807, 2.05) is 53.5 Å². The van der Waals surface area contributed by atoms with Crippen LogP contribution in [0.1, 0.15) is 23.6 Å². The molecule has 0 saturated carbocycles. The average molecular weight is 411 g/mol. The Morgan fingerprint density at radius 3 is 2.52 bits per heavy atom. The van der Waals surface area contributed by atoms with Crippen molar-refractivity contribution in [2.45, 2.75) is 12.5 Å². The Kier molecular flexibility index (Phi) is 5.87. The molecule has 0 bridgehead atoms. The quantitative estimate of drug-likeness (QED) is 0.766.